The highest BCUT2D eigenvalue weighted by molar-refractivity contribution is 5.83. The minimum absolute atomic E-state index is 0.0289. The molecule has 0 heterocycles. The van der Waals surface area contributed by atoms with Gasteiger partial charge < -0.3 is 10.5 Å². The SMILES string of the molecule is CC(Oc1ccc2ccccc2c1)[C@H](C)N. The molecule has 0 aromatic heterocycles. The second-order valence-corrected chi connectivity index (χ2v) is 4.19. The molecule has 2 atom stereocenters. The summed E-state index contributed by atoms with van der Waals surface area (Å²) in [5, 5.41) is 2.42. The number of hydrogen-bond acceptors (Lipinski definition) is 2. The lowest BCUT2D eigenvalue weighted by Gasteiger charge is -2.18. The molecule has 1 unspecified atom stereocenters. The summed E-state index contributed by atoms with van der Waals surface area (Å²) in [6, 6.07) is 14.4. The Morgan fingerprint density at radius 3 is 2.38 bits per heavy atom. The van der Waals surface area contributed by atoms with Crippen LogP contribution in [-0.4, -0.2) is 12.1 Å². The molecule has 0 fully saturated rings. The van der Waals surface area contributed by atoms with Gasteiger partial charge in [-0.1, -0.05) is 30.3 Å². The molecule has 0 spiro atoms. The summed E-state index contributed by atoms with van der Waals surface area (Å²) in [6.45, 7) is 3.94. The average molecular weight is 215 g/mol. The molecule has 16 heavy (non-hydrogen) atoms. The first-order valence-corrected chi connectivity index (χ1v) is 5.58. The largest absolute Gasteiger partial charge is 0.489 e. The monoisotopic (exact) mass is 215 g/mol. The van der Waals surface area contributed by atoms with Crippen molar-refractivity contribution in [3.8, 4) is 5.75 Å². The molecule has 0 aliphatic rings. The molecule has 0 bridgehead atoms. The third-order valence-electron chi connectivity index (χ3n) is 2.78. The zero-order valence-corrected chi connectivity index (χ0v) is 9.68. The maximum atomic E-state index is 5.77. The first-order chi connectivity index (χ1) is 7.66. The van der Waals surface area contributed by atoms with Gasteiger partial charge in [0.25, 0.3) is 0 Å². The Morgan fingerprint density at radius 2 is 1.69 bits per heavy atom. The number of fused-ring (bicyclic) bond motifs is 1. The molecule has 2 heteroatoms. The van der Waals surface area contributed by atoms with Gasteiger partial charge in [0.05, 0.1) is 0 Å². The van der Waals surface area contributed by atoms with Crippen LogP contribution in [0.4, 0.5) is 0 Å². The van der Waals surface area contributed by atoms with Crippen LogP contribution in [0.25, 0.3) is 10.8 Å². The molecule has 84 valence electrons. The van der Waals surface area contributed by atoms with Crippen LogP contribution in [-0.2, 0) is 0 Å². The highest BCUT2D eigenvalue weighted by Crippen LogP contribution is 2.21. The maximum Gasteiger partial charge on any atom is 0.120 e. The van der Waals surface area contributed by atoms with Crippen LogP contribution in [0.3, 0.4) is 0 Å². The van der Waals surface area contributed by atoms with Gasteiger partial charge in [-0.3, -0.25) is 0 Å². The summed E-state index contributed by atoms with van der Waals surface area (Å²) in [4.78, 5) is 0. The summed E-state index contributed by atoms with van der Waals surface area (Å²) in [5.41, 5.74) is 5.77. The Hall–Kier alpha value is -1.54. The van der Waals surface area contributed by atoms with E-state index in [1.807, 2.05) is 38.1 Å². The fourth-order valence-corrected chi connectivity index (χ4v) is 1.56. The van der Waals surface area contributed by atoms with Gasteiger partial charge in [-0.25, -0.2) is 0 Å². The highest BCUT2D eigenvalue weighted by Gasteiger charge is 2.08. The van der Waals surface area contributed by atoms with E-state index in [1.165, 1.54) is 10.8 Å². The second-order valence-electron chi connectivity index (χ2n) is 4.19. The molecule has 2 aromatic rings. The summed E-state index contributed by atoms with van der Waals surface area (Å²) >= 11 is 0. The van der Waals surface area contributed by atoms with Crippen molar-refractivity contribution in [1.29, 1.82) is 0 Å². The van der Waals surface area contributed by atoms with Crippen LogP contribution in [0.5, 0.6) is 5.75 Å². The Morgan fingerprint density at radius 1 is 1.00 bits per heavy atom. The van der Waals surface area contributed by atoms with Gasteiger partial charge in [0.2, 0.25) is 0 Å². The van der Waals surface area contributed by atoms with Crippen molar-refractivity contribution in [2.24, 2.45) is 5.73 Å². The fraction of sp³-hybridized carbons (Fsp3) is 0.286. The highest BCUT2D eigenvalue weighted by atomic mass is 16.5. The van der Waals surface area contributed by atoms with Gasteiger partial charge in [-0.15, -0.1) is 0 Å². The quantitative estimate of drug-likeness (QED) is 0.854. The van der Waals surface area contributed by atoms with Crippen molar-refractivity contribution >= 4 is 10.8 Å². The molecule has 2 rings (SSSR count). The predicted octanol–water partition coefficient (Wildman–Crippen LogP) is 2.95. The van der Waals surface area contributed by atoms with E-state index in [-0.39, 0.29) is 12.1 Å². The van der Waals surface area contributed by atoms with Gasteiger partial charge >= 0.3 is 0 Å². The van der Waals surface area contributed by atoms with Gasteiger partial charge in [0.15, 0.2) is 0 Å². The van der Waals surface area contributed by atoms with E-state index in [1.54, 1.807) is 0 Å². The Bertz CT molecular complexity index is 479. The molecule has 0 amide bonds. The third-order valence-corrected chi connectivity index (χ3v) is 2.78. The molecule has 2 nitrogen and oxygen atoms in total. The Kier molecular flexibility index (Phi) is 3.11. The first-order valence-electron chi connectivity index (χ1n) is 5.58. The van der Waals surface area contributed by atoms with Crippen molar-refractivity contribution in [2.75, 3.05) is 0 Å². The molecule has 2 N–H and O–H groups in total. The number of hydrogen-bond donors (Lipinski definition) is 1. The lowest BCUT2D eigenvalue weighted by molar-refractivity contribution is 0.197. The van der Waals surface area contributed by atoms with E-state index < -0.39 is 0 Å². The zero-order chi connectivity index (χ0) is 11.5. The van der Waals surface area contributed by atoms with Crippen LogP contribution >= 0.6 is 0 Å². The molecule has 0 aliphatic heterocycles. The zero-order valence-electron chi connectivity index (χ0n) is 9.68. The van der Waals surface area contributed by atoms with Crippen molar-refractivity contribution in [3.63, 3.8) is 0 Å². The maximum absolute atomic E-state index is 5.77. The average Bonchev–Trinajstić information content (AvgIpc) is 2.28. The normalized spacial score (nSPS) is 14.7. The van der Waals surface area contributed by atoms with Crippen LogP contribution in [0.2, 0.25) is 0 Å². The van der Waals surface area contributed by atoms with E-state index in [0.29, 0.717) is 0 Å². The second kappa shape index (κ2) is 4.54. The number of rotatable bonds is 3. The van der Waals surface area contributed by atoms with E-state index in [9.17, 15) is 0 Å². The van der Waals surface area contributed by atoms with Crippen LogP contribution in [0.1, 0.15) is 13.8 Å². The molecule has 0 saturated carbocycles. The van der Waals surface area contributed by atoms with E-state index in [2.05, 4.69) is 18.2 Å². The van der Waals surface area contributed by atoms with E-state index >= 15 is 0 Å². The summed E-state index contributed by atoms with van der Waals surface area (Å²) in [7, 11) is 0. The number of nitrogens with two attached hydrogens (primary N) is 1. The lowest BCUT2D eigenvalue weighted by atomic mass is 10.1. The van der Waals surface area contributed by atoms with E-state index in [0.717, 1.165) is 5.75 Å². The molecule has 0 aliphatic carbocycles. The topological polar surface area (TPSA) is 35.2 Å². The minimum atomic E-state index is 0.0289. The fourth-order valence-electron chi connectivity index (χ4n) is 1.56. The standard InChI is InChI=1S/C14H17NO/c1-10(15)11(2)16-14-8-7-12-5-3-4-6-13(12)9-14/h3-11H,15H2,1-2H3/t10-,11?/m0/s1. The summed E-state index contributed by atoms with van der Waals surface area (Å²) in [5.74, 6) is 0.878. The smallest absolute Gasteiger partial charge is 0.120 e. The van der Waals surface area contributed by atoms with Crippen LogP contribution in [0.15, 0.2) is 42.5 Å². The number of benzene rings is 2. The summed E-state index contributed by atoms with van der Waals surface area (Å²) in [6.07, 6.45) is 0.0289. The summed E-state index contributed by atoms with van der Waals surface area (Å²) < 4.78 is 5.76. The van der Waals surface area contributed by atoms with Gasteiger partial charge in [-0.05, 0) is 36.8 Å². The Balaban J connectivity index is 2.26. The van der Waals surface area contributed by atoms with Crippen LogP contribution < -0.4 is 10.5 Å². The van der Waals surface area contributed by atoms with Crippen molar-refractivity contribution in [1.82, 2.24) is 0 Å². The Labute approximate surface area is 96.0 Å². The van der Waals surface area contributed by atoms with Gasteiger partial charge in [0.1, 0.15) is 11.9 Å². The first kappa shape index (κ1) is 11.0. The van der Waals surface area contributed by atoms with Gasteiger partial charge in [-0.2, -0.15) is 0 Å². The predicted molar refractivity (Wildman–Crippen MR) is 67.7 cm³/mol. The molecular weight excluding hydrogens is 198 g/mol. The number of ether oxygens (including phenoxy) is 1. The van der Waals surface area contributed by atoms with E-state index in [4.69, 9.17) is 10.5 Å². The molecular formula is C14H17NO. The van der Waals surface area contributed by atoms with Crippen LogP contribution in [0, 0.1) is 0 Å². The molecule has 0 saturated heterocycles. The minimum Gasteiger partial charge on any atom is -0.489 e. The third kappa shape index (κ3) is 2.34. The molecule has 2 aromatic carbocycles. The van der Waals surface area contributed by atoms with Crippen molar-refractivity contribution in [2.45, 2.75) is 26.0 Å². The van der Waals surface area contributed by atoms with Crippen molar-refractivity contribution < 1.29 is 4.74 Å². The van der Waals surface area contributed by atoms with Crippen molar-refractivity contribution in [3.05, 3.63) is 42.5 Å². The van der Waals surface area contributed by atoms with Gasteiger partial charge in [0, 0.05) is 6.04 Å². The lowest BCUT2D eigenvalue weighted by Crippen LogP contribution is -2.33. The molecule has 0 radical (unpaired) electrons.